The summed E-state index contributed by atoms with van der Waals surface area (Å²) in [4.78, 5) is 44.6. The summed E-state index contributed by atoms with van der Waals surface area (Å²) in [6.07, 6.45) is 5.99. The molecule has 1 heterocycles. The van der Waals surface area contributed by atoms with Crippen LogP contribution in [0.15, 0.2) is 66.9 Å². The number of hydrazine groups is 1. The SMILES string of the molecule is CC(C)C[C@@H](C(=O)NN)[C@H](C(=O)NO)C(/C=C/c1ccccc1)(CC(C)C)C(=O)Cc1c[nH]c2ccccc12. The maximum absolute atomic E-state index is 14.6. The predicted molar refractivity (Wildman–Crippen MR) is 153 cm³/mol. The van der Waals surface area contributed by atoms with Crippen molar-refractivity contribution in [1.29, 1.82) is 0 Å². The van der Waals surface area contributed by atoms with E-state index in [1.165, 1.54) is 0 Å². The van der Waals surface area contributed by atoms with Crippen LogP contribution in [-0.4, -0.2) is 27.8 Å². The molecule has 0 fully saturated rings. The Hall–Kier alpha value is -3.75. The normalized spacial score (nSPS) is 14.9. The van der Waals surface area contributed by atoms with E-state index in [0.717, 1.165) is 22.0 Å². The highest BCUT2D eigenvalue weighted by atomic mass is 16.5. The first kappa shape index (κ1) is 29.8. The Kier molecular flexibility index (Phi) is 10.2. The smallest absolute Gasteiger partial charge is 0.248 e. The van der Waals surface area contributed by atoms with E-state index in [4.69, 9.17) is 5.84 Å². The first-order chi connectivity index (χ1) is 18.6. The minimum atomic E-state index is -1.43. The van der Waals surface area contributed by atoms with Gasteiger partial charge in [-0.1, -0.05) is 88.4 Å². The van der Waals surface area contributed by atoms with Gasteiger partial charge < -0.3 is 4.98 Å². The molecule has 208 valence electrons. The molecule has 3 aromatic rings. The van der Waals surface area contributed by atoms with Crippen molar-refractivity contribution in [3.05, 3.63) is 78.0 Å². The van der Waals surface area contributed by atoms with Gasteiger partial charge in [-0.2, -0.15) is 0 Å². The number of ketones is 1. The van der Waals surface area contributed by atoms with Gasteiger partial charge in [0.25, 0.3) is 0 Å². The van der Waals surface area contributed by atoms with Crippen LogP contribution in [0.1, 0.15) is 51.7 Å². The molecule has 0 aliphatic carbocycles. The van der Waals surface area contributed by atoms with Gasteiger partial charge in [0, 0.05) is 23.5 Å². The van der Waals surface area contributed by atoms with Crippen molar-refractivity contribution in [3.8, 4) is 0 Å². The third-order valence-corrected chi connectivity index (χ3v) is 7.22. The molecule has 1 aromatic heterocycles. The zero-order chi connectivity index (χ0) is 28.6. The largest absolute Gasteiger partial charge is 0.361 e. The zero-order valence-corrected chi connectivity index (χ0v) is 23.1. The number of carbonyl (C=O) groups excluding carboxylic acids is 3. The third-order valence-electron chi connectivity index (χ3n) is 7.22. The fraction of sp³-hybridized carbons (Fsp3) is 0.387. The Labute approximate surface area is 230 Å². The van der Waals surface area contributed by atoms with Crippen LogP contribution in [-0.2, 0) is 20.8 Å². The highest BCUT2D eigenvalue weighted by Crippen LogP contribution is 2.45. The molecular weight excluding hydrogens is 492 g/mol. The van der Waals surface area contributed by atoms with Crippen molar-refractivity contribution in [2.24, 2.45) is 34.9 Å². The number of benzene rings is 2. The quantitative estimate of drug-likeness (QED) is 0.0932. The van der Waals surface area contributed by atoms with E-state index in [2.05, 4.69) is 10.4 Å². The first-order valence-electron chi connectivity index (χ1n) is 13.4. The molecule has 0 saturated carbocycles. The summed E-state index contributed by atoms with van der Waals surface area (Å²) in [6, 6.07) is 17.2. The summed E-state index contributed by atoms with van der Waals surface area (Å²) in [5, 5.41) is 10.8. The lowest BCUT2D eigenvalue weighted by Crippen LogP contribution is -2.54. The Morgan fingerprint density at radius 3 is 2.26 bits per heavy atom. The molecule has 0 aliphatic rings. The fourth-order valence-corrected chi connectivity index (χ4v) is 5.63. The molecule has 8 nitrogen and oxygen atoms in total. The number of aromatic amines is 1. The van der Waals surface area contributed by atoms with Crippen LogP contribution < -0.4 is 16.7 Å². The van der Waals surface area contributed by atoms with E-state index in [1.807, 2.05) is 94.6 Å². The molecule has 0 radical (unpaired) electrons. The zero-order valence-electron chi connectivity index (χ0n) is 23.1. The number of amides is 2. The van der Waals surface area contributed by atoms with Crippen LogP contribution in [0.25, 0.3) is 17.0 Å². The Morgan fingerprint density at radius 1 is 0.974 bits per heavy atom. The predicted octanol–water partition coefficient (Wildman–Crippen LogP) is 4.80. The number of fused-ring (bicyclic) bond motifs is 1. The van der Waals surface area contributed by atoms with Gasteiger partial charge in [-0.15, -0.1) is 0 Å². The van der Waals surface area contributed by atoms with Crippen LogP contribution in [0.2, 0.25) is 0 Å². The molecule has 1 unspecified atom stereocenters. The molecule has 8 heteroatoms. The monoisotopic (exact) mass is 532 g/mol. The molecule has 6 N–H and O–H groups in total. The second-order valence-electron chi connectivity index (χ2n) is 11.0. The van der Waals surface area contributed by atoms with Crippen molar-refractivity contribution < 1.29 is 19.6 Å². The van der Waals surface area contributed by atoms with Crippen molar-refractivity contribution in [3.63, 3.8) is 0 Å². The third kappa shape index (κ3) is 7.02. The molecule has 0 spiro atoms. The summed E-state index contributed by atoms with van der Waals surface area (Å²) < 4.78 is 0. The number of hydrogen-bond donors (Lipinski definition) is 5. The van der Waals surface area contributed by atoms with E-state index < -0.39 is 29.1 Å². The van der Waals surface area contributed by atoms with E-state index in [0.29, 0.717) is 6.42 Å². The van der Waals surface area contributed by atoms with Crippen LogP contribution in [0.3, 0.4) is 0 Å². The number of H-pyrrole nitrogens is 1. The second kappa shape index (κ2) is 13.4. The van der Waals surface area contributed by atoms with Crippen molar-refractivity contribution in [2.45, 2.75) is 47.0 Å². The van der Waals surface area contributed by atoms with Gasteiger partial charge in [0.15, 0.2) is 0 Å². The number of para-hydroxylation sites is 1. The number of rotatable bonds is 13. The summed E-state index contributed by atoms with van der Waals surface area (Å²) in [5.41, 5.74) is 5.08. The lowest BCUT2D eigenvalue weighted by molar-refractivity contribution is -0.151. The van der Waals surface area contributed by atoms with Gasteiger partial charge >= 0.3 is 0 Å². The Morgan fingerprint density at radius 2 is 1.64 bits per heavy atom. The van der Waals surface area contributed by atoms with Gasteiger partial charge in [0.05, 0.1) is 17.3 Å². The van der Waals surface area contributed by atoms with Crippen LogP contribution in [0.4, 0.5) is 0 Å². The fourth-order valence-electron chi connectivity index (χ4n) is 5.63. The topological polar surface area (TPSA) is 137 Å². The number of carbonyl (C=O) groups is 3. The van der Waals surface area contributed by atoms with Gasteiger partial charge in [-0.3, -0.25) is 25.0 Å². The van der Waals surface area contributed by atoms with E-state index in [1.54, 1.807) is 11.6 Å². The maximum Gasteiger partial charge on any atom is 0.248 e. The Bertz CT molecular complexity index is 1300. The average Bonchev–Trinajstić information content (AvgIpc) is 3.33. The van der Waals surface area contributed by atoms with Crippen LogP contribution in [0.5, 0.6) is 0 Å². The number of nitrogens with two attached hydrogens (primary N) is 1. The standard InChI is InChI=1S/C31H40N4O4/c1-20(2)16-25(29(37)34-32)28(30(38)35-39)31(18-21(3)4,15-14-22-10-6-5-7-11-22)27(36)17-23-19-33-26-13-9-8-12-24(23)26/h5-15,19-21,25,28,33,39H,16-18,32H2,1-4H3,(H,34,37)(H,35,38)/b15-14+/t25-,28-,31?/m1/s1. The molecule has 39 heavy (non-hydrogen) atoms. The van der Waals surface area contributed by atoms with Crippen molar-refractivity contribution in [1.82, 2.24) is 15.9 Å². The molecule has 2 aromatic carbocycles. The van der Waals surface area contributed by atoms with Crippen LogP contribution in [0, 0.1) is 29.1 Å². The van der Waals surface area contributed by atoms with Gasteiger partial charge in [0.2, 0.25) is 11.8 Å². The second-order valence-corrected chi connectivity index (χ2v) is 11.0. The molecule has 3 rings (SSSR count). The number of hydrogen-bond acceptors (Lipinski definition) is 5. The molecule has 2 amide bonds. The summed E-state index contributed by atoms with van der Waals surface area (Å²) >= 11 is 0. The van der Waals surface area contributed by atoms with Crippen LogP contribution >= 0.6 is 0 Å². The molecule has 0 aliphatic heterocycles. The van der Waals surface area contributed by atoms with E-state index in [-0.39, 0.29) is 30.5 Å². The number of nitrogens with one attached hydrogen (secondary N) is 3. The summed E-state index contributed by atoms with van der Waals surface area (Å²) in [5.74, 6) is 1.82. The summed E-state index contributed by atoms with van der Waals surface area (Å²) in [7, 11) is 0. The van der Waals surface area contributed by atoms with Crippen molar-refractivity contribution in [2.75, 3.05) is 0 Å². The highest BCUT2D eigenvalue weighted by Gasteiger charge is 2.52. The van der Waals surface area contributed by atoms with E-state index >= 15 is 0 Å². The molecular formula is C31H40N4O4. The van der Waals surface area contributed by atoms with Crippen molar-refractivity contribution >= 4 is 34.6 Å². The number of aromatic nitrogens is 1. The summed E-state index contributed by atoms with van der Waals surface area (Å²) in [6.45, 7) is 7.81. The van der Waals surface area contributed by atoms with Gasteiger partial charge in [-0.25, -0.2) is 11.3 Å². The first-order valence-corrected chi connectivity index (χ1v) is 13.4. The number of Topliss-reactive ketones (excluding diaryl/α,β-unsaturated/α-hetero) is 1. The lowest BCUT2D eigenvalue weighted by Gasteiger charge is -2.41. The van der Waals surface area contributed by atoms with Gasteiger partial charge in [-0.05, 0) is 41.9 Å². The Balaban J connectivity index is 2.27. The molecule has 3 atom stereocenters. The lowest BCUT2D eigenvalue weighted by atomic mass is 9.60. The number of allylic oxidation sites excluding steroid dienone is 1. The van der Waals surface area contributed by atoms with E-state index in [9.17, 15) is 19.6 Å². The highest BCUT2D eigenvalue weighted by molar-refractivity contribution is 5.99. The minimum Gasteiger partial charge on any atom is -0.361 e. The molecule has 0 saturated heterocycles. The van der Waals surface area contributed by atoms with Gasteiger partial charge in [0.1, 0.15) is 5.78 Å². The number of hydroxylamine groups is 1. The average molecular weight is 533 g/mol. The molecule has 0 bridgehead atoms. The minimum absolute atomic E-state index is 0.0138. The maximum atomic E-state index is 14.6.